The summed E-state index contributed by atoms with van der Waals surface area (Å²) in [5.41, 5.74) is 3.02. The fourth-order valence-electron chi connectivity index (χ4n) is 2.58. The lowest BCUT2D eigenvalue weighted by atomic mass is 9.93. The first-order valence-corrected chi connectivity index (χ1v) is 7.35. The minimum absolute atomic E-state index is 0.0849. The van der Waals surface area contributed by atoms with Gasteiger partial charge >= 0.3 is 0 Å². The summed E-state index contributed by atoms with van der Waals surface area (Å²) in [6, 6.07) is 7.89. The smallest absolute Gasteiger partial charge is 0.130 e. The second-order valence-corrected chi connectivity index (χ2v) is 5.61. The molecule has 2 aromatic rings. The van der Waals surface area contributed by atoms with Gasteiger partial charge < -0.3 is 9.84 Å². The number of aryl methyl sites for hydroxylation is 2. The highest BCUT2D eigenvalue weighted by Gasteiger charge is 2.18. The fourth-order valence-corrected chi connectivity index (χ4v) is 2.83. The van der Waals surface area contributed by atoms with Crippen molar-refractivity contribution in [3.8, 4) is 5.75 Å². The van der Waals surface area contributed by atoms with Gasteiger partial charge in [-0.2, -0.15) is 5.10 Å². The lowest BCUT2D eigenvalue weighted by Gasteiger charge is -2.16. The molecular formula is C16H21ClN2O2. The van der Waals surface area contributed by atoms with Crippen LogP contribution in [0.2, 0.25) is 5.15 Å². The topological polar surface area (TPSA) is 47.3 Å². The monoisotopic (exact) mass is 308 g/mol. The molecule has 4 nitrogen and oxygen atoms in total. The summed E-state index contributed by atoms with van der Waals surface area (Å²) in [7, 11) is 3.49. The Hall–Kier alpha value is -1.52. The number of aliphatic hydroxyl groups is 1. The van der Waals surface area contributed by atoms with Crippen LogP contribution >= 0.6 is 11.6 Å². The van der Waals surface area contributed by atoms with E-state index in [0.717, 1.165) is 29.0 Å². The van der Waals surface area contributed by atoms with Crippen LogP contribution in [0.3, 0.4) is 0 Å². The third-order valence-corrected chi connectivity index (χ3v) is 4.19. The first-order chi connectivity index (χ1) is 10.1. The standard InChI is InChI=1S/C16H21ClN2O2/c1-11-14(16(17)19(2)18-11)9-12(10-20)8-13-6-4-5-7-15(13)21-3/h4-7,12,20H,8-10H2,1-3H3. The van der Waals surface area contributed by atoms with Crippen LogP contribution in [0.4, 0.5) is 0 Å². The molecule has 2 rings (SSSR count). The van der Waals surface area contributed by atoms with Gasteiger partial charge in [-0.05, 0) is 37.3 Å². The maximum Gasteiger partial charge on any atom is 0.130 e. The van der Waals surface area contributed by atoms with E-state index in [9.17, 15) is 5.11 Å². The van der Waals surface area contributed by atoms with Gasteiger partial charge in [-0.25, -0.2) is 0 Å². The first-order valence-electron chi connectivity index (χ1n) is 6.97. The van der Waals surface area contributed by atoms with Crippen LogP contribution in [0, 0.1) is 12.8 Å². The van der Waals surface area contributed by atoms with E-state index in [1.165, 1.54) is 0 Å². The molecule has 1 unspecified atom stereocenters. The van der Waals surface area contributed by atoms with Gasteiger partial charge in [0.1, 0.15) is 10.9 Å². The lowest BCUT2D eigenvalue weighted by molar-refractivity contribution is 0.224. The van der Waals surface area contributed by atoms with Crippen LogP contribution in [0.25, 0.3) is 0 Å². The van der Waals surface area contributed by atoms with E-state index >= 15 is 0 Å². The van der Waals surface area contributed by atoms with E-state index in [1.54, 1.807) is 11.8 Å². The predicted molar refractivity (Wildman–Crippen MR) is 83.9 cm³/mol. The van der Waals surface area contributed by atoms with E-state index in [-0.39, 0.29) is 12.5 Å². The lowest BCUT2D eigenvalue weighted by Crippen LogP contribution is -2.14. The van der Waals surface area contributed by atoms with E-state index < -0.39 is 0 Å². The average Bonchev–Trinajstić information content (AvgIpc) is 2.73. The Morgan fingerprint density at radius 2 is 2.05 bits per heavy atom. The third kappa shape index (κ3) is 3.57. The zero-order valence-electron chi connectivity index (χ0n) is 12.6. The number of ether oxygens (including phenoxy) is 1. The normalized spacial score (nSPS) is 12.4. The van der Waals surface area contributed by atoms with Crippen LogP contribution < -0.4 is 4.74 Å². The number of benzene rings is 1. The number of aromatic nitrogens is 2. The summed E-state index contributed by atoms with van der Waals surface area (Å²) in [6.45, 7) is 2.04. The molecule has 1 aromatic carbocycles. The number of rotatable bonds is 6. The quantitative estimate of drug-likeness (QED) is 0.892. The molecule has 0 spiro atoms. The Balaban J connectivity index is 2.17. The number of methoxy groups -OCH3 is 1. The largest absolute Gasteiger partial charge is 0.496 e. The van der Waals surface area contributed by atoms with E-state index in [4.69, 9.17) is 16.3 Å². The summed E-state index contributed by atoms with van der Waals surface area (Å²) < 4.78 is 7.04. The molecule has 1 heterocycles. The van der Waals surface area contributed by atoms with E-state index in [2.05, 4.69) is 5.10 Å². The number of hydrogen-bond donors (Lipinski definition) is 1. The van der Waals surface area contributed by atoms with Crippen LogP contribution in [0.5, 0.6) is 5.75 Å². The van der Waals surface area contributed by atoms with Crippen molar-refractivity contribution >= 4 is 11.6 Å². The van der Waals surface area contributed by atoms with Crippen molar-refractivity contribution < 1.29 is 9.84 Å². The zero-order valence-corrected chi connectivity index (χ0v) is 13.4. The highest BCUT2D eigenvalue weighted by Crippen LogP contribution is 2.26. The molecule has 0 saturated heterocycles. The van der Waals surface area contributed by atoms with Crippen LogP contribution in [-0.4, -0.2) is 28.6 Å². The Morgan fingerprint density at radius 3 is 2.62 bits per heavy atom. The molecule has 0 bridgehead atoms. The van der Waals surface area contributed by atoms with E-state index in [0.29, 0.717) is 11.6 Å². The maximum atomic E-state index is 9.69. The Bertz CT molecular complexity index is 610. The minimum Gasteiger partial charge on any atom is -0.496 e. The van der Waals surface area contributed by atoms with Crippen molar-refractivity contribution in [3.05, 3.63) is 46.2 Å². The van der Waals surface area contributed by atoms with Crippen molar-refractivity contribution in [1.82, 2.24) is 9.78 Å². The van der Waals surface area contributed by atoms with Gasteiger partial charge in [0.25, 0.3) is 0 Å². The van der Waals surface area contributed by atoms with Crippen LogP contribution in [-0.2, 0) is 19.9 Å². The van der Waals surface area contributed by atoms with Crippen molar-refractivity contribution in [2.45, 2.75) is 19.8 Å². The molecule has 0 aliphatic heterocycles. The second kappa shape index (κ2) is 6.96. The van der Waals surface area contributed by atoms with Gasteiger partial charge in [-0.1, -0.05) is 29.8 Å². The molecule has 0 saturated carbocycles. The predicted octanol–water partition coefficient (Wildman–Crippen LogP) is 2.78. The fraction of sp³-hybridized carbons (Fsp3) is 0.438. The molecule has 114 valence electrons. The minimum atomic E-state index is 0.0849. The molecule has 0 fully saturated rings. The molecule has 1 N–H and O–H groups in total. The summed E-state index contributed by atoms with van der Waals surface area (Å²) in [4.78, 5) is 0. The van der Waals surface area contributed by atoms with Gasteiger partial charge in [0.2, 0.25) is 0 Å². The van der Waals surface area contributed by atoms with Crippen molar-refractivity contribution in [3.63, 3.8) is 0 Å². The Morgan fingerprint density at radius 1 is 1.33 bits per heavy atom. The molecule has 21 heavy (non-hydrogen) atoms. The number of nitrogens with zero attached hydrogens (tertiary/aromatic N) is 2. The van der Waals surface area contributed by atoms with Crippen LogP contribution in [0.1, 0.15) is 16.8 Å². The summed E-state index contributed by atoms with van der Waals surface area (Å²) >= 11 is 6.27. The first kappa shape index (κ1) is 15.9. The Labute approximate surface area is 130 Å². The molecule has 1 aromatic heterocycles. The van der Waals surface area contributed by atoms with Gasteiger partial charge in [0, 0.05) is 19.2 Å². The number of halogens is 1. The van der Waals surface area contributed by atoms with Gasteiger partial charge in [-0.15, -0.1) is 0 Å². The molecule has 0 aliphatic carbocycles. The summed E-state index contributed by atoms with van der Waals surface area (Å²) in [5, 5.41) is 14.7. The molecule has 5 heteroatoms. The third-order valence-electron chi connectivity index (χ3n) is 3.72. The molecule has 0 radical (unpaired) electrons. The summed E-state index contributed by atoms with van der Waals surface area (Å²) in [6.07, 6.45) is 1.44. The van der Waals surface area contributed by atoms with Crippen LogP contribution in [0.15, 0.2) is 24.3 Å². The number of hydrogen-bond acceptors (Lipinski definition) is 3. The molecule has 0 aliphatic rings. The van der Waals surface area contributed by atoms with Crippen molar-refractivity contribution in [2.24, 2.45) is 13.0 Å². The average molecular weight is 309 g/mol. The molecule has 1 atom stereocenters. The zero-order chi connectivity index (χ0) is 15.4. The highest BCUT2D eigenvalue weighted by atomic mass is 35.5. The molecule has 0 amide bonds. The number of para-hydroxylation sites is 1. The summed E-state index contributed by atoms with van der Waals surface area (Å²) in [5.74, 6) is 0.937. The SMILES string of the molecule is COc1ccccc1CC(CO)Cc1c(C)nn(C)c1Cl. The van der Waals surface area contributed by atoms with Gasteiger partial charge in [-0.3, -0.25) is 4.68 Å². The van der Waals surface area contributed by atoms with Crippen molar-refractivity contribution in [2.75, 3.05) is 13.7 Å². The Kier molecular flexibility index (Phi) is 5.26. The number of aliphatic hydroxyl groups excluding tert-OH is 1. The second-order valence-electron chi connectivity index (χ2n) is 5.25. The maximum absolute atomic E-state index is 9.69. The van der Waals surface area contributed by atoms with Crippen molar-refractivity contribution in [1.29, 1.82) is 0 Å². The van der Waals surface area contributed by atoms with E-state index in [1.807, 2.05) is 38.2 Å². The van der Waals surface area contributed by atoms with Gasteiger partial charge in [0.15, 0.2) is 0 Å². The van der Waals surface area contributed by atoms with Gasteiger partial charge in [0.05, 0.1) is 12.8 Å². The molecular weight excluding hydrogens is 288 g/mol. The highest BCUT2D eigenvalue weighted by molar-refractivity contribution is 6.30.